The summed E-state index contributed by atoms with van der Waals surface area (Å²) in [6.07, 6.45) is 0. The second-order valence-corrected chi connectivity index (χ2v) is 5.06. The van der Waals surface area contributed by atoms with Crippen LogP contribution < -0.4 is 0 Å². The molecule has 2 aromatic carbocycles. The zero-order valence-corrected chi connectivity index (χ0v) is 11.7. The summed E-state index contributed by atoms with van der Waals surface area (Å²) < 4.78 is 1.98. The average molecular weight is 263 g/mol. The standard InChI is InChI=1S/C17H17N3/c1-13(2)20-17(15-11-7-4-8-12-15)16(18-19-20)14-9-5-3-6-10-14/h3-13H,1-2H3. The Kier molecular flexibility index (Phi) is 3.33. The van der Waals surface area contributed by atoms with Crippen molar-refractivity contribution in [3.05, 3.63) is 60.7 Å². The first kappa shape index (κ1) is 12.6. The molecule has 0 fully saturated rings. The maximum absolute atomic E-state index is 4.40. The molecule has 100 valence electrons. The Labute approximate surface area is 118 Å². The van der Waals surface area contributed by atoms with Crippen molar-refractivity contribution in [2.45, 2.75) is 19.9 Å². The third kappa shape index (κ3) is 2.23. The Morgan fingerprint density at radius 1 is 0.800 bits per heavy atom. The molecule has 0 atom stereocenters. The van der Waals surface area contributed by atoms with Gasteiger partial charge >= 0.3 is 0 Å². The van der Waals surface area contributed by atoms with E-state index in [0.29, 0.717) is 0 Å². The molecule has 0 saturated carbocycles. The predicted octanol–water partition coefficient (Wildman–Crippen LogP) is 4.19. The summed E-state index contributed by atoms with van der Waals surface area (Å²) in [4.78, 5) is 0. The molecular weight excluding hydrogens is 246 g/mol. The highest BCUT2D eigenvalue weighted by molar-refractivity contribution is 5.77. The molecule has 0 bridgehead atoms. The molecule has 0 N–H and O–H groups in total. The summed E-state index contributed by atoms with van der Waals surface area (Å²) in [5.41, 5.74) is 4.25. The van der Waals surface area contributed by atoms with E-state index < -0.39 is 0 Å². The lowest BCUT2D eigenvalue weighted by molar-refractivity contribution is 0.519. The first-order chi connectivity index (χ1) is 9.77. The van der Waals surface area contributed by atoms with Gasteiger partial charge in [-0.25, -0.2) is 4.68 Å². The van der Waals surface area contributed by atoms with E-state index in [9.17, 15) is 0 Å². The molecule has 0 saturated heterocycles. The van der Waals surface area contributed by atoms with Crippen LogP contribution in [-0.2, 0) is 0 Å². The number of rotatable bonds is 3. The molecule has 20 heavy (non-hydrogen) atoms. The van der Waals surface area contributed by atoms with Gasteiger partial charge in [0.25, 0.3) is 0 Å². The molecule has 3 nitrogen and oxygen atoms in total. The smallest absolute Gasteiger partial charge is 0.121 e. The molecule has 0 aliphatic heterocycles. The lowest BCUT2D eigenvalue weighted by atomic mass is 10.0. The summed E-state index contributed by atoms with van der Waals surface area (Å²) in [5.74, 6) is 0. The fraction of sp³-hybridized carbons (Fsp3) is 0.176. The van der Waals surface area contributed by atoms with Crippen LogP contribution in [0.2, 0.25) is 0 Å². The van der Waals surface area contributed by atoms with Crippen LogP contribution in [0.3, 0.4) is 0 Å². The van der Waals surface area contributed by atoms with E-state index in [4.69, 9.17) is 0 Å². The van der Waals surface area contributed by atoms with Crippen molar-refractivity contribution >= 4 is 0 Å². The second kappa shape index (κ2) is 5.29. The van der Waals surface area contributed by atoms with Gasteiger partial charge in [0.2, 0.25) is 0 Å². The van der Waals surface area contributed by atoms with Crippen LogP contribution in [-0.4, -0.2) is 15.0 Å². The Bertz CT molecular complexity index is 685. The molecule has 0 aliphatic rings. The van der Waals surface area contributed by atoms with E-state index in [1.165, 1.54) is 0 Å². The fourth-order valence-corrected chi connectivity index (χ4v) is 2.31. The number of benzene rings is 2. The zero-order valence-electron chi connectivity index (χ0n) is 11.7. The first-order valence-electron chi connectivity index (χ1n) is 6.83. The Balaban J connectivity index is 2.22. The Morgan fingerprint density at radius 2 is 1.35 bits per heavy atom. The van der Waals surface area contributed by atoms with Gasteiger partial charge in [-0.3, -0.25) is 0 Å². The topological polar surface area (TPSA) is 30.7 Å². The minimum atomic E-state index is 0.273. The summed E-state index contributed by atoms with van der Waals surface area (Å²) in [5, 5.41) is 8.73. The van der Waals surface area contributed by atoms with Crippen molar-refractivity contribution in [2.24, 2.45) is 0 Å². The van der Waals surface area contributed by atoms with Crippen LogP contribution in [0.4, 0.5) is 0 Å². The molecule has 0 spiro atoms. The minimum Gasteiger partial charge on any atom is -0.242 e. The van der Waals surface area contributed by atoms with Gasteiger partial charge in [0, 0.05) is 17.2 Å². The quantitative estimate of drug-likeness (QED) is 0.709. The number of nitrogens with zero attached hydrogens (tertiary/aromatic N) is 3. The maximum Gasteiger partial charge on any atom is 0.121 e. The van der Waals surface area contributed by atoms with Gasteiger partial charge in [0.1, 0.15) is 5.69 Å². The maximum atomic E-state index is 4.40. The number of hydrogen-bond acceptors (Lipinski definition) is 2. The molecule has 0 radical (unpaired) electrons. The summed E-state index contributed by atoms with van der Waals surface area (Å²) in [7, 11) is 0. The highest BCUT2D eigenvalue weighted by atomic mass is 15.4. The minimum absolute atomic E-state index is 0.273. The Morgan fingerprint density at radius 3 is 1.90 bits per heavy atom. The third-order valence-electron chi connectivity index (χ3n) is 3.28. The van der Waals surface area contributed by atoms with Gasteiger partial charge in [-0.15, -0.1) is 5.10 Å². The van der Waals surface area contributed by atoms with E-state index in [0.717, 1.165) is 22.5 Å². The van der Waals surface area contributed by atoms with Crippen molar-refractivity contribution in [3.63, 3.8) is 0 Å². The fourth-order valence-electron chi connectivity index (χ4n) is 2.31. The highest BCUT2D eigenvalue weighted by Gasteiger charge is 2.17. The largest absolute Gasteiger partial charge is 0.242 e. The number of aromatic nitrogens is 3. The van der Waals surface area contributed by atoms with E-state index in [1.54, 1.807) is 0 Å². The zero-order chi connectivity index (χ0) is 13.9. The molecular formula is C17H17N3. The normalized spacial score (nSPS) is 10.9. The van der Waals surface area contributed by atoms with Gasteiger partial charge in [0.05, 0.1) is 5.69 Å². The van der Waals surface area contributed by atoms with Crippen molar-refractivity contribution < 1.29 is 0 Å². The first-order valence-corrected chi connectivity index (χ1v) is 6.83. The monoisotopic (exact) mass is 263 g/mol. The molecule has 0 aliphatic carbocycles. The van der Waals surface area contributed by atoms with Crippen LogP contribution >= 0.6 is 0 Å². The molecule has 1 aromatic heterocycles. The SMILES string of the molecule is CC(C)n1nnc(-c2ccccc2)c1-c1ccccc1. The molecule has 3 heteroatoms. The summed E-state index contributed by atoms with van der Waals surface area (Å²) in [6, 6.07) is 20.8. The lowest BCUT2D eigenvalue weighted by Crippen LogP contribution is -2.05. The average Bonchev–Trinajstić information content (AvgIpc) is 2.94. The van der Waals surface area contributed by atoms with Crippen molar-refractivity contribution in [1.82, 2.24) is 15.0 Å². The van der Waals surface area contributed by atoms with Gasteiger partial charge in [-0.05, 0) is 13.8 Å². The van der Waals surface area contributed by atoms with Gasteiger partial charge in [-0.2, -0.15) is 0 Å². The van der Waals surface area contributed by atoms with Crippen LogP contribution in [0, 0.1) is 0 Å². The molecule has 0 unspecified atom stereocenters. The van der Waals surface area contributed by atoms with E-state index in [1.807, 2.05) is 41.1 Å². The van der Waals surface area contributed by atoms with Gasteiger partial charge in [-0.1, -0.05) is 65.9 Å². The Hall–Kier alpha value is -2.42. The molecule has 1 heterocycles. The van der Waals surface area contributed by atoms with Crippen molar-refractivity contribution in [3.8, 4) is 22.5 Å². The molecule has 0 amide bonds. The predicted molar refractivity (Wildman–Crippen MR) is 81.3 cm³/mol. The van der Waals surface area contributed by atoms with Crippen molar-refractivity contribution in [1.29, 1.82) is 0 Å². The third-order valence-corrected chi connectivity index (χ3v) is 3.28. The molecule has 3 rings (SSSR count). The van der Waals surface area contributed by atoms with Crippen molar-refractivity contribution in [2.75, 3.05) is 0 Å². The van der Waals surface area contributed by atoms with Crippen LogP contribution in [0.15, 0.2) is 60.7 Å². The van der Waals surface area contributed by atoms with Gasteiger partial charge in [0.15, 0.2) is 0 Å². The highest BCUT2D eigenvalue weighted by Crippen LogP contribution is 2.31. The van der Waals surface area contributed by atoms with Crippen LogP contribution in [0.25, 0.3) is 22.5 Å². The number of hydrogen-bond donors (Lipinski definition) is 0. The van der Waals surface area contributed by atoms with E-state index >= 15 is 0 Å². The van der Waals surface area contributed by atoms with Gasteiger partial charge < -0.3 is 0 Å². The van der Waals surface area contributed by atoms with Crippen LogP contribution in [0.1, 0.15) is 19.9 Å². The molecule has 3 aromatic rings. The van der Waals surface area contributed by atoms with E-state index in [2.05, 4.69) is 48.4 Å². The second-order valence-electron chi connectivity index (χ2n) is 5.06. The van der Waals surface area contributed by atoms with Crippen LogP contribution in [0.5, 0.6) is 0 Å². The van der Waals surface area contributed by atoms with E-state index in [-0.39, 0.29) is 6.04 Å². The summed E-state index contributed by atoms with van der Waals surface area (Å²) >= 11 is 0. The summed E-state index contributed by atoms with van der Waals surface area (Å²) in [6.45, 7) is 4.24. The lowest BCUT2D eigenvalue weighted by Gasteiger charge is -2.11.